The van der Waals surface area contributed by atoms with E-state index in [1.54, 1.807) is 6.07 Å². The Balaban J connectivity index is 1.95. The number of hydrogen-bond acceptors (Lipinski definition) is 3. The average Bonchev–Trinajstić information content (AvgIpc) is 2.51. The van der Waals surface area contributed by atoms with Crippen LogP contribution in [0.25, 0.3) is 6.08 Å². The molecule has 0 unspecified atom stereocenters. The van der Waals surface area contributed by atoms with Crippen molar-refractivity contribution in [2.24, 2.45) is 0 Å². The maximum atomic E-state index is 10.4. The van der Waals surface area contributed by atoms with Crippen LogP contribution >= 0.6 is 0 Å². The van der Waals surface area contributed by atoms with E-state index in [2.05, 4.69) is 26.5 Å². The molecule has 0 amide bonds. The lowest BCUT2D eigenvalue weighted by atomic mass is 9.91. The molecule has 25 heavy (non-hydrogen) atoms. The lowest BCUT2D eigenvalue weighted by molar-refractivity contribution is 0.100. The van der Waals surface area contributed by atoms with Gasteiger partial charge in [-0.05, 0) is 88.8 Å². The molecule has 1 aliphatic heterocycles. The third-order valence-corrected chi connectivity index (χ3v) is 4.61. The fourth-order valence-electron chi connectivity index (χ4n) is 3.02. The monoisotopic (exact) mass is 342 g/mol. The van der Waals surface area contributed by atoms with Gasteiger partial charge in [0.1, 0.15) is 17.1 Å². The molecule has 2 N–H and O–H groups in total. The molecule has 2 rings (SSSR count). The molecule has 1 aromatic rings. The third kappa shape index (κ3) is 5.23. The summed E-state index contributed by atoms with van der Waals surface area (Å²) in [7, 11) is 0. The number of hydrogen-bond donors (Lipinski definition) is 2. The number of benzene rings is 1. The van der Waals surface area contributed by atoms with E-state index in [9.17, 15) is 10.2 Å². The highest BCUT2D eigenvalue weighted by Gasteiger charge is 2.29. The van der Waals surface area contributed by atoms with Crippen molar-refractivity contribution < 1.29 is 14.9 Å². The Kier molecular flexibility index (Phi) is 6.12. The van der Waals surface area contributed by atoms with Gasteiger partial charge < -0.3 is 14.9 Å². The minimum absolute atomic E-state index is 0.237. The van der Waals surface area contributed by atoms with Gasteiger partial charge in [0.05, 0.1) is 11.7 Å². The number of aromatic hydroxyl groups is 1. The van der Waals surface area contributed by atoms with Crippen molar-refractivity contribution in [2.45, 2.75) is 65.1 Å². The van der Waals surface area contributed by atoms with E-state index in [-0.39, 0.29) is 5.75 Å². The van der Waals surface area contributed by atoms with Crippen LogP contribution in [-0.2, 0) is 0 Å². The molecular formula is C22H30O3. The lowest BCUT2D eigenvalue weighted by Crippen LogP contribution is -2.33. The Labute approximate surface area is 151 Å². The standard InChI is InChI=1S/C22H30O3/c1-15(2)7-6-8-17(4)19(23)10-12-22(5)11-9-18-20(24)13-16(3)14-21(18)25-22/h7,9,11,13-14,19,23-24H,4,6,8,10,12H2,1-3,5H3/t19-,22+/m1/s1. The maximum Gasteiger partial charge on any atom is 0.131 e. The number of aliphatic hydroxyl groups excluding tert-OH is 1. The predicted octanol–water partition coefficient (Wildman–Crippen LogP) is 5.31. The first kappa shape index (κ1) is 19.3. The summed E-state index contributed by atoms with van der Waals surface area (Å²) >= 11 is 0. The smallest absolute Gasteiger partial charge is 0.131 e. The molecule has 0 radical (unpaired) electrons. The molecule has 1 heterocycles. The highest BCUT2D eigenvalue weighted by atomic mass is 16.5. The Morgan fingerprint density at radius 2 is 2.08 bits per heavy atom. The highest BCUT2D eigenvalue weighted by molar-refractivity contribution is 5.67. The van der Waals surface area contributed by atoms with Crippen molar-refractivity contribution in [1.29, 1.82) is 0 Å². The van der Waals surface area contributed by atoms with Crippen LogP contribution in [0.2, 0.25) is 0 Å². The van der Waals surface area contributed by atoms with Gasteiger partial charge in [-0.3, -0.25) is 0 Å². The summed E-state index contributed by atoms with van der Waals surface area (Å²) < 4.78 is 6.13. The van der Waals surface area contributed by atoms with Crippen LogP contribution in [0, 0.1) is 6.92 Å². The van der Waals surface area contributed by atoms with E-state index >= 15 is 0 Å². The molecule has 3 heteroatoms. The van der Waals surface area contributed by atoms with Gasteiger partial charge in [0.2, 0.25) is 0 Å². The molecule has 3 nitrogen and oxygen atoms in total. The van der Waals surface area contributed by atoms with Crippen LogP contribution in [0.3, 0.4) is 0 Å². The van der Waals surface area contributed by atoms with E-state index in [1.165, 1.54) is 5.57 Å². The minimum atomic E-state index is -0.522. The van der Waals surface area contributed by atoms with Crippen molar-refractivity contribution in [3.8, 4) is 11.5 Å². The number of ether oxygens (including phenoxy) is 1. The first-order valence-corrected chi connectivity index (χ1v) is 8.91. The van der Waals surface area contributed by atoms with Gasteiger partial charge in [-0.15, -0.1) is 0 Å². The average molecular weight is 342 g/mol. The molecule has 0 spiro atoms. The molecule has 2 atom stereocenters. The molecule has 0 fully saturated rings. The van der Waals surface area contributed by atoms with E-state index in [4.69, 9.17) is 4.74 Å². The second-order valence-electron chi connectivity index (χ2n) is 7.48. The van der Waals surface area contributed by atoms with Crippen molar-refractivity contribution >= 4 is 6.08 Å². The zero-order valence-corrected chi connectivity index (χ0v) is 15.8. The van der Waals surface area contributed by atoms with Gasteiger partial charge in [-0.2, -0.15) is 0 Å². The van der Waals surface area contributed by atoms with Gasteiger partial charge >= 0.3 is 0 Å². The molecule has 1 aromatic carbocycles. The van der Waals surface area contributed by atoms with Crippen LogP contribution < -0.4 is 4.74 Å². The van der Waals surface area contributed by atoms with E-state index in [0.29, 0.717) is 18.6 Å². The van der Waals surface area contributed by atoms with E-state index in [0.717, 1.165) is 29.5 Å². The lowest BCUT2D eigenvalue weighted by Gasteiger charge is -2.33. The molecule has 1 aliphatic rings. The Hall–Kier alpha value is -2.00. The molecule has 136 valence electrons. The summed E-state index contributed by atoms with van der Waals surface area (Å²) in [5.41, 5.74) is 3.34. The summed E-state index contributed by atoms with van der Waals surface area (Å²) in [6.45, 7) is 12.1. The summed E-state index contributed by atoms with van der Waals surface area (Å²) in [4.78, 5) is 0. The van der Waals surface area contributed by atoms with Crippen LogP contribution in [0.5, 0.6) is 11.5 Å². The van der Waals surface area contributed by atoms with E-state index < -0.39 is 11.7 Å². The van der Waals surface area contributed by atoms with Crippen LogP contribution in [0.4, 0.5) is 0 Å². The van der Waals surface area contributed by atoms with Crippen molar-refractivity contribution in [3.05, 3.63) is 53.1 Å². The third-order valence-electron chi connectivity index (χ3n) is 4.61. The van der Waals surface area contributed by atoms with Crippen molar-refractivity contribution in [1.82, 2.24) is 0 Å². The summed E-state index contributed by atoms with van der Waals surface area (Å²) in [5, 5.41) is 20.4. The second-order valence-corrected chi connectivity index (χ2v) is 7.48. The van der Waals surface area contributed by atoms with E-state index in [1.807, 2.05) is 32.1 Å². The second kappa shape index (κ2) is 7.92. The van der Waals surface area contributed by atoms with Gasteiger partial charge in [-0.25, -0.2) is 0 Å². The summed E-state index contributed by atoms with van der Waals surface area (Å²) in [6, 6.07) is 3.67. The number of phenolic OH excluding ortho intramolecular Hbond substituents is 1. The maximum absolute atomic E-state index is 10.4. The van der Waals surface area contributed by atoms with Crippen LogP contribution in [0.1, 0.15) is 57.6 Å². The Morgan fingerprint density at radius 3 is 2.76 bits per heavy atom. The molecule has 0 saturated carbocycles. The Morgan fingerprint density at radius 1 is 1.36 bits per heavy atom. The highest BCUT2D eigenvalue weighted by Crippen LogP contribution is 2.39. The number of phenols is 1. The zero-order chi connectivity index (χ0) is 18.6. The van der Waals surface area contributed by atoms with Gasteiger partial charge in [-0.1, -0.05) is 18.2 Å². The van der Waals surface area contributed by atoms with Crippen molar-refractivity contribution in [2.75, 3.05) is 0 Å². The first-order valence-electron chi connectivity index (χ1n) is 8.91. The molecule has 0 bridgehead atoms. The van der Waals surface area contributed by atoms with Crippen molar-refractivity contribution in [3.63, 3.8) is 0 Å². The first-order chi connectivity index (χ1) is 11.7. The number of fused-ring (bicyclic) bond motifs is 1. The largest absolute Gasteiger partial charge is 0.507 e. The fourth-order valence-corrected chi connectivity index (χ4v) is 3.02. The molecule has 0 aliphatic carbocycles. The molecular weight excluding hydrogens is 312 g/mol. The van der Waals surface area contributed by atoms with Crippen LogP contribution in [0.15, 0.2) is 42.0 Å². The summed E-state index contributed by atoms with van der Waals surface area (Å²) in [5.74, 6) is 0.931. The number of aryl methyl sites for hydroxylation is 1. The number of allylic oxidation sites excluding steroid dienone is 2. The predicted molar refractivity (Wildman–Crippen MR) is 104 cm³/mol. The van der Waals surface area contributed by atoms with Crippen LogP contribution in [-0.4, -0.2) is 21.9 Å². The SMILES string of the molecule is C=C(CCC=C(C)C)[C@H](O)CC[C@]1(C)C=Cc2c(O)cc(C)cc2O1. The minimum Gasteiger partial charge on any atom is -0.507 e. The quantitative estimate of drug-likeness (QED) is 0.660. The Bertz CT molecular complexity index is 695. The molecule has 0 saturated heterocycles. The normalized spacial score (nSPS) is 19.7. The topological polar surface area (TPSA) is 49.7 Å². The van der Waals surface area contributed by atoms with Gasteiger partial charge in [0, 0.05) is 0 Å². The van der Waals surface area contributed by atoms with Gasteiger partial charge in [0.25, 0.3) is 0 Å². The fraction of sp³-hybridized carbons (Fsp3) is 0.455. The van der Waals surface area contributed by atoms with Gasteiger partial charge in [0.15, 0.2) is 0 Å². The number of aliphatic hydroxyl groups is 1. The zero-order valence-electron chi connectivity index (χ0n) is 15.8. The molecule has 0 aromatic heterocycles. The summed E-state index contributed by atoms with van der Waals surface area (Å²) in [6.07, 6.45) is 8.51. The number of rotatable bonds is 7.